The molecule has 2 nitrogen and oxygen atoms in total. The fourth-order valence-corrected chi connectivity index (χ4v) is 1.74. The molecule has 0 aromatic heterocycles. The van der Waals surface area contributed by atoms with Crippen molar-refractivity contribution in [3.05, 3.63) is 37.0 Å². The van der Waals surface area contributed by atoms with Gasteiger partial charge in [0.25, 0.3) is 0 Å². The molecule has 0 saturated carbocycles. The van der Waals surface area contributed by atoms with Crippen LogP contribution in [0, 0.1) is 0 Å². The molecule has 0 aliphatic carbocycles. The number of unbranched alkanes of at least 4 members (excludes halogenated alkanes) is 7. The van der Waals surface area contributed by atoms with Crippen molar-refractivity contribution in [3.63, 3.8) is 0 Å². The topological polar surface area (TPSA) is 37.3 Å². The van der Waals surface area contributed by atoms with Crippen molar-refractivity contribution in [2.75, 3.05) is 0 Å². The smallest absolute Gasteiger partial charge is 0.303 e. The number of carboxylic acid groups (broad SMARTS) is 1. The Morgan fingerprint density at radius 3 is 2.11 bits per heavy atom. The number of hydrogen-bond acceptors (Lipinski definition) is 1. The van der Waals surface area contributed by atoms with Crippen LogP contribution in [0.2, 0.25) is 0 Å². The van der Waals surface area contributed by atoms with Crippen molar-refractivity contribution in [1.82, 2.24) is 0 Å². The van der Waals surface area contributed by atoms with Gasteiger partial charge in [-0.25, -0.2) is 0 Å². The fourth-order valence-electron chi connectivity index (χ4n) is 1.74. The van der Waals surface area contributed by atoms with E-state index in [0.717, 1.165) is 19.3 Å². The van der Waals surface area contributed by atoms with Crippen LogP contribution in [0.4, 0.5) is 0 Å². The van der Waals surface area contributed by atoms with E-state index in [-0.39, 0.29) is 0 Å². The zero-order valence-electron chi connectivity index (χ0n) is 11.3. The second-order valence-corrected chi connectivity index (χ2v) is 4.46. The summed E-state index contributed by atoms with van der Waals surface area (Å²) in [7, 11) is 0. The van der Waals surface area contributed by atoms with Crippen molar-refractivity contribution in [2.45, 2.75) is 57.8 Å². The average molecular weight is 250 g/mol. The zero-order valence-corrected chi connectivity index (χ0v) is 11.3. The molecule has 0 saturated heterocycles. The van der Waals surface area contributed by atoms with E-state index >= 15 is 0 Å². The second-order valence-electron chi connectivity index (χ2n) is 4.46. The summed E-state index contributed by atoms with van der Waals surface area (Å²) in [6.45, 7) is 3.61. The van der Waals surface area contributed by atoms with Gasteiger partial charge in [0.1, 0.15) is 0 Å². The summed E-state index contributed by atoms with van der Waals surface area (Å²) in [4.78, 5) is 10.3. The Morgan fingerprint density at radius 1 is 0.889 bits per heavy atom. The number of rotatable bonds is 12. The third-order valence-corrected chi connectivity index (χ3v) is 2.76. The maximum atomic E-state index is 10.3. The summed E-state index contributed by atoms with van der Waals surface area (Å²) >= 11 is 0. The molecule has 0 radical (unpaired) electrons. The van der Waals surface area contributed by atoms with Crippen LogP contribution in [0.15, 0.2) is 37.0 Å². The van der Waals surface area contributed by atoms with Gasteiger partial charge in [-0.1, -0.05) is 69.1 Å². The Morgan fingerprint density at radius 2 is 1.50 bits per heavy atom. The molecular weight excluding hydrogens is 224 g/mol. The van der Waals surface area contributed by atoms with Crippen LogP contribution in [0.1, 0.15) is 57.8 Å². The highest BCUT2D eigenvalue weighted by molar-refractivity contribution is 5.66. The molecular formula is C16H26O2. The Bertz CT molecular complexity index is 264. The molecule has 1 N–H and O–H groups in total. The molecule has 0 unspecified atom stereocenters. The van der Waals surface area contributed by atoms with E-state index in [1.165, 1.54) is 32.1 Å². The van der Waals surface area contributed by atoms with Crippen LogP contribution in [0.25, 0.3) is 0 Å². The highest BCUT2D eigenvalue weighted by Crippen LogP contribution is 2.09. The van der Waals surface area contributed by atoms with E-state index in [2.05, 4.69) is 18.7 Å². The standard InChI is InChI=1S/C16H26O2/c1-2-3-4-5-6-7-8-9-10-11-12-13-14-15-16(17)18/h2-6H,1,7-15H2,(H,17,18)/b4-3+,6-5+. The van der Waals surface area contributed by atoms with Crippen molar-refractivity contribution in [3.8, 4) is 0 Å². The second kappa shape index (κ2) is 13.8. The van der Waals surface area contributed by atoms with Crippen LogP contribution in [0.3, 0.4) is 0 Å². The molecule has 0 fully saturated rings. The van der Waals surface area contributed by atoms with Gasteiger partial charge in [-0.3, -0.25) is 4.79 Å². The molecule has 0 aromatic carbocycles. The normalized spacial score (nSPS) is 11.3. The number of aliphatic carboxylic acids is 1. The van der Waals surface area contributed by atoms with Gasteiger partial charge in [-0.05, 0) is 19.3 Å². The Kier molecular flexibility index (Phi) is 12.8. The SMILES string of the molecule is C=C/C=C/C=C/CCCCCCCCCC(=O)O. The average Bonchev–Trinajstić information content (AvgIpc) is 2.34. The van der Waals surface area contributed by atoms with Gasteiger partial charge in [0.2, 0.25) is 0 Å². The highest BCUT2D eigenvalue weighted by atomic mass is 16.4. The van der Waals surface area contributed by atoms with Gasteiger partial charge in [0, 0.05) is 6.42 Å². The number of hydrogen-bond donors (Lipinski definition) is 1. The number of allylic oxidation sites excluding steroid dienone is 5. The summed E-state index contributed by atoms with van der Waals surface area (Å²) in [5, 5.41) is 8.47. The minimum absolute atomic E-state index is 0.322. The van der Waals surface area contributed by atoms with Crippen molar-refractivity contribution >= 4 is 5.97 Å². The van der Waals surface area contributed by atoms with Gasteiger partial charge in [0.15, 0.2) is 0 Å². The first-order valence-electron chi connectivity index (χ1n) is 6.93. The summed E-state index contributed by atoms with van der Waals surface area (Å²) in [6.07, 6.45) is 19.5. The maximum Gasteiger partial charge on any atom is 0.303 e. The lowest BCUT2D eigenvalue weighted by Crippen LogP contribution is -1.93. The van der Waals surface area contributed by atoms with E-state index < -0.39 is 5.97 Å². The highest BCUT2D eigenvalue weighted by Gasteiger charge is 1.96. The molecule has 0 aliphatic heterocycles. The van der Waals surface area contributed by atoms with Gasteiger partial charge in [-0.15, -0.1) is 0 Å². The minimum Gasteiger partial charge on any atom is -0.481 e. The summed E-state index contributed by atoms with van der Waals surface area (Å²) < 4.78 is 0. The third-order valence-electron chi connectivity index (χ3n) is 2.76. The first-order chi connectivity index (χ1) is 8.77. The molecule has 0 aromatic rings. The quantitative estimate of drug-likeness (QED) is 0.396. The summed E-state index contributed by atoms with van der Waals surface area (Å²) in [6, 6.07) is 0. The van der Waals surface area contributed by atoms with Gasteiger partial charge in [0.05, 0.1) is 0 Å². The molecule has 0 atom stereocenters. The molecule has 0 spiro atoms. The third kappa shape index (κ3) is 14.7. The molecule has 0 bridgehead atoms. The predicted molar refractivity (Wildman–Crippen MR) is 77.7 cm³/mol. The minimum atomic E-state index is -0.674. The van der Waals surface area contributed by atoms with Crippen molar-refractivity contribution in [1.29, 1.82) is 0 Å². The van der Waals surface area contributed by atoms with Crippen LogP contribution in [-0.2, 0) is 4.79 Å². The van der Waals surface area contributed by atoms with Gasteiger partial charge < -0.3 is 5.11 Å². The van der Waals surface area contributed by atoms with E-state index in [1.807, 2.05) is 12.2 Å². The summed E-state index contributed by atoms with van der Waals surface area (Å²) in [5.41, 5.74) is 0. The first kappa shape index (κ1) is 16.7. The van der Waals surface area contributed by atoms with Crippen molar-refractivity contribution in [2.24, 2.45) is 0 Å². The van der Waals surface area contributed by atoms with E-state index in [9.17, 15) is 4.79 Å². The Hall–Kier alpha value is -1.31. The molecule has 102 valence electrons. The van der Waals surface area contributed by atoms with Gasteiger partial charge >= 0.3 is 5.97 Å². The Balaban J connectivity index is 3.11. The lowest BCUT2D eigenvalue weighted by Gasteiger charge is -1.99. The largest absolute Gasteiger partial charge is 0.481 e. The monoisotopic (exact) mass is 250 g/mol. The number of carbonyl (C=O) groups is 1. The van der Waals surface area contributed by atoms with Crippen LogP contribution >= 0.6 is 0 Å². The van der Waals surface area contributed by atoms with Crippen LogP contribution in [0.5, 0.6) is 0 Å². The van der Waals surface area contributed by atoms with E-state index in [0.29, 0.717) is 6.42 Å². The van der Waals surface area contributed by atoms with Gasteiger partial charge in [-0.2, -0.15) is 0 Å². The number of carboxylic acids is 1. The zero-order chi connectivity index (χ0) is 13.5. The van der Waals surface area contributed by atoms with Crippen molar-refractivity contribution < 1.29 is 9.90 Å². The van der Waals surface area contributed by atoms with Crippen LogP contribution < -0.4 is 0 Å². The predicted octanol–water partition coefficient (Wildman–Crippen LogP) is 4.88. The van der Waals surface area contributed by atoms with E-state index in [1.54, 1.807) is 6.08 Å². The molecule has 18 heavy (non-hydrogen) atoms. The first-order valence-corrected chi connectivity index (χ1v) is 6.93. The summed E-state index contributed by atoms with van der Waals surface area (Å²) in [5.74, 6) is -0.674. The lowest BCUT2D eigenvalue weighted by molar-refractivity contribution is -0.137. The molecule has 0 rings (SSSR count). The van der Waals surface area contributed by atoms with E-state index in [4.69, 9.17) is 5.11 Å². The Labute approximate surface area is 111 Å². The van der Waals surface area contributed by atoms with Crippen LogP contribution in [-0.4, -0.2) is 11.1 Å². The molecule has 0 amide bonds. The fraction of sp³-hybridized carbons (Fsp3) is 0.562. The molecule has 2 heteroatoms. The molecule has 0 aliphatic rings. The maximum absolute atomic E-state index is 10.3. The molecule has 0 heterocycles. The lowest BCUT2D eigenvalue weighted by atomic mass is 10.1.